The molecule has 0 radical (unpaired) electrons. The minimum Gasteiger partial charge on any atom is -0.466 e. The molecule has 0 aromatic heterocycles. The van der Waals surface area contributed by atoms with Crippen molar-refractivity contribution >= 4 is 11.9 Å². The Morgan fingerprint density at radius 2 is 1.67 bits per heavy atom. The minimum atomic E-state index is -2.05. The average molecular weight is 725 g/mol. The monoisotopic (exact) mass is 724 g/mol. The summed E-state index contributed by atoms with van der Waals surface area (Å²) < 4.78 is 41.7. The van der Waals surface area contributed by atoms with Gasteiger partial charge in [-0.3, -0.25) is 4.79 Å². The van der Waals surface area contributed by atoms with Crippen LogP contribution in [0.5, 0.6) is 0 Å². The van der Waals surface area contributed by atoms with Gasteiger partial charge in [-0.05, 0) is 38.7 Å². The number of carbonyl (C=O) groups is 2. The van der Waals surface area contributed by atoms with Crippen LogP contribution in [0.25, 0.3) is 0 Å². The molecular weight excluding hydrogens is 664 g/mol. The molecule has 6 bridgehead atoms. The van der Waals surface area contributed by atoms with Gasteiger partial charge < -0.3 is 53.6 Å². The number of fused-ring (bicyclic) bond motifs is 6. The Labute approximate surface area is 301 Å². The van der Waals surface area contributed by atoms with Gasteiger partial charge in [0.15, 0.2) is 5.79 Å². The van der Waals surface area contributed by atoms with E-state index in [0.717, 1.165) is 5.57 Å². The third kappa shape index (κ3) is 9.13. The van der Waals surface area contributed by atoms with E-state index in [1.807, 2.05) is 32.9 Å². The summed E-state index contributed by atoms with van der Waals surface area (Å²) >= 11 is 0. The number of esters is 2. The highest BCUT2D eigenvalue weighted by molar-refractivity contribution is 5.83. The molecule has 0 amide bonds. The summed E-state index contributed by atoms with van der Waals surface area (Å²) in [5, 5.41) is 46.5. The van der Waals surface area contributed by atoms with Crippen LogP contribution in [0.3, 0.4) is 0 Å². The van der Waals surface area contributed by atoms with Gasteiger partial charge >= 0.3 is 11.9 Å². The van der Waals surface area contributed by atoms with E-state index in [4.69, 9.17) is 33.2 Å². The number of ether oxygens (including phenoxy) is 7. The van der Waals surface area contributed by atoms with Crippen molar-refractivity contribution in [2.24, 2.45) is 10.8 Å². The first kappa shape index (κ1) is 41.6. The fourth-order valence-electron chi connectivity index (χ4n) is 7.98. The molecule has 51 heavy (non-hydrogen) atoms. The molecule has 3 saturated heterocycles. The predicted octanol–water partition coefficient (Wildman–Crippen LogP) is 3.40. The van der Waals surface area contributed by atoms with Gasteiger partial charge in [-0.2, -0.15) is 0 Å². The lowest BCUT2D eigenvalue weighted by molar-refractivity contribution is -0.350. The molecule has 4 heterocycles. The van der Waals surface area contributed by atoms with Crippen molar-refractivity contribution in [3.8, 4) is 0 Å². The second-order valence-corrected chi connectivity index (χ2v) is 15.7. The first-order valence-electron chi connectivity index (χ1n) is 18.0. The van der Waals surface area contributed by atoms with Gasteiger partial charge in [0.2, 0.25) is 5.79 Å². The first-order valence-corrected chi connectivity index (χ1v) is 18.0. The summed E-state index contributed by atoms with van der Waals surface area (Å²) in [4.78, 5) is 25.7. The van der Waals surface area contributed by atoms with E-state index in [0.29, 0.717) is 24.8 Å². The van der Waals surface area contributed by atoms with Crippen molar-refractivity contribution in [2.45, 2.75) is 159 Å². The van der Waals surface area contributed by atoms with Crippen molar-refractivity contribution in [1.82, 2.24) is 0 Å². The highest BCUT2D eigenvalue weighted by Gasteiger charge is 2.58. The number of aliphatic hydroxyl groups is 4. The summed E-state index contributed by atoms with van der Waals surface area (Å²) in [5.74, 6) is -5.17. The second kappa shape index (κ2) is 16.4. The Bertz CT molecular complexity index is 1320. The van der Waals surface area contributed by atoms with Crippen LogP contribution >= 0.6 is 0 Å². The highest BCUT2D eigenvalue weighted by atomic mass is 16.7. The van der Waals surface area contributed by atoms with E-state index in [2.05, 4.69) is 0 Å². The van der Waals surface area contributed by atoms with E-state index < -0.39 is 95.7 Å². The summed E-state index contributed by atoms with van der Waals surface area (Å²) in [7, 11) is 4.24. The molecule has 0 spiro atoms. The molecule has 4 rings (SSSR count). The Morgan fingerprint density at radius 1 is 0.961 bits per heavy atom. The standard InChI is InChI=1S/C38H60O13/c1-10-23-13-26-11-12-35(3,4)38(44)34(47-9)24(16-32(41)46-8)15-27(51-38)19-30(22(2)39)49-33(42)18-25(40)17-28-20-31(45-7)36(5,6)37(43,50-28)21-29(14-23)48-26/h10-12,16,22,25-31,34,39-40,43-44H,13-15,17-21H2,1-9H3/b12-11+,23-10?,24-16+. The molecule has 290 valence electrons. The van der Waals surface area contributed by atoms with E-state index >= 15 is 0 Å². The van der Waals surface area contributed by atoms with Gasteiger partial charge in [-0.25, -0.2) is 4.79 Å². The van der Waals surface area contributed by atoms with Crippen LogP contribution in [-0.2, 0) is 42.7 Å². The number of hydrogen-bond acceptors (Lipinski definition) is 13. The van der Waals surface area contributed by atoms with Crippen LogP contribution in [0.1, 0.15) is 92.9 Å². The fourth-order valence-corrected chi connectivity index (χ4v) is 7.98. The molecule has 0 aliphatic carbocycles. The lowest BCUT2D eigenvalue weighted by Crippen LogP contribution is -2.62. The Hall–Kier alpha value is -2.20. The smallest absolute Gasteiger partial charge is 0.330 e. The molecule has 4 aliphatic heterocycles. The first-order chi connectivity index (χ1) is 23.8. The van der Waals surface area contributed by atoms with E-state index in [9.17, 15) is 30.0 Å². The van der Waals surface area contributed by atoms with Gasteiger partial charge in [0.05, 0.1) is 56.3 Å². The second-order valence-electron chi connectivity index (χ2n) is 15.7. The quantitative estimate of drug-likeness (QED) is 0.189. The van der Waals surface area contributed by atoms with Crippen LogP contribution in [0.4, 0.5) is 0 Å². The molecule has 3 fully saturated rings. The molecule has 4 N–H and O–H groups in total. The number of hydrogen-bond donors (Lipinski definition) is 4. The molecule has 13 nitrogen and oxygen atoms in total. The Balaban J connectivity index is 1.80. The number of rotatable bonds is 4. The maximum atomic E-state index is 13.2. The summed E-state index contributed by atoms with van der Waals surface area (Å²) in [6.07, 6.45) is 1.02. The normalized spacial score (nSPS) is 42.0. The molecule has 0 saturated carbocycles. The van der Waals surface area contributed by atoms with Gasteiger partial charge in [0.1, 0.15) is 12.2 Å². The van der Waals surface area contributed by atoms with Crippen LogP contribution in [-0.4, -0.2) is 120 Å². The Kier molecular flexibility index (Phi) is 13.4. The molecule has 0 aromatic carbocycles. The molecule has 0 aromatic rings. The lowest BCUT2D eigenvalue weighted by Gasteiger charge is -2.54. The van der Waals surface area contributed by atoms with E-state index in [1.165, 1.54) is 27.2 Å². The maximum absolute atomic E-state index is 13.2. The van der Waals surface area contributed by atoms with Crippen LogP contribution < -0.4 is 0 Å². The number of aliphatic hydroxyl groups excluding tert-OH is 2. The van der Waals surface area contributed by atoms with Crippen molar-refractivity contribution < 1.29 is 63.2 Å². The maximum Gasteiger partial charge on any atom is 0.330 e. The molecule has 11 unspecified atom stereocenters. The van der Waals surface area contributed by atoms with Gasteiger partial charge in [-0.1, -0.05) is 51.5 Å². The van der Waals surface area contributed by atoms with Crippen molar-refractivity contribution in [1.29, 1.82) is 0 Å². The molecule has 13 heteroatoms. The van der Waals surface area contributed by atoms with Crippen molar-refractivity contribution in [3.63, 3.8) is 0 Å². The number of allylic oxidation sites excluding steroid dienone is 1. The number of methoxy groups -OCH3 is 3. The SMILES string of the molecule is CC=C1CC2/C=C/C(C)(C)C3(O)OC(C/C(=C\C(=O)OC)C3OC)CC(C(C)O)OC(=O)CC(O)CC3CC(OC)C(C)(C)C(O)(CC(C1)O2)O3. The summed E-state index contributed by atoms with van der Waals surface area (Å²) in [5.41, 5.74) is -0.501. The third-order valence-electron chi connectivity index (χ3n) is 11.3. The zero-order chi connectivity index (χ0) is 37.9. The van der Waals surface area contributed by atoms with Gasteiger partial charge in [-0.15, -0.1) is 0 Å². The van der Waals surface area contributed by atoms with Crippen molar-refractivity contribution in [2.75, 3.05) is 21.3 Å². The third-order valence-corrected chi connectivity index (χ3v) is 11.3. The zero-order valence-corrected chi connectivity index (χ0v) is 31.6. The molecular formula is C38H60O13. The van der Waals surface area contributed by atoms with E-state index in [1.54, 1.807) is 27.0 Å². The average Bonchev–Trinajstić information content (AvgIpc) is 3.04. The summed E-state index contributed by atoms with van der Waals surface area (Å²) in [6.45, 7) is 10.7. The largest absolute Gasteiger partial charge is 0.466 e. The van der Waals surface area contributed by atoms with Gasteiger partial charge in [0.25, 0.3) is 0 Å². The fraction of sp³-hybridized carbons (Fsp3) is 0.789. The van der Waals surface area contributed by atoms with Crippen LogP contribution in [0.15, 0.2) is 35.5 Å². The van der Waals surface area contributed by atoms with Crippen LogP contribution in [0, 0.1) is 10.8 Å². The lowest BCUT2D eigenvalue weighted by atomic mass is 9.70. The predicted molar refractivity (Wildman–Crippen MR) is 185 cm³/mol. The zero-order valence-electron chi connectivity index (χ0n) is 31.6. The van der Waals surface area contributed by atoms with Crippen LogP contribution in [0.2, 0.25) is 0 Å². The number of carbonyl (C=O) groups excluding carboxylic acids is 2. The van der Waals surface area contributed by atoms with Gasteiger partial charge in [0, 0.05) is 56.8 Å². The molecule has 11 atom stereocenters. The summed E-state index contributed by atoms with van der Waals surface area (Å²) in [6, 6.07) is 0. The number of cyclic esters (lactones) is 1. The Morgan fingerprint density at radius 3 is 2.27 bits per heavy atom. The van der Waals surface area contributed by atoms with Crippen molar-refractivity contribution in [3.05, 3.63) is 35.5 Å². The highest BCUT2D eigenvalue weighted by Crippen LogP contribution is 2.50. The topological polar surface area (TPSA) is 180 Å². The molecule has 4 aliphatic rings. The van der Waals surface area contributed by atoms with E-state index in [-0.39, 0.29) is 25.7 Å². The minimum absolute atomic E-state index is 0.0254.